The molecule has 21 heavy (non-hydrogen) atoms. The van der Waals surface area contributed by atoms with E-state index in [0.29, 0.717) is 11.5 Å². The molecule has 0 bridgehead atoms. The SMILES string of the molecule is CCCNCc1cccnc1N(C)C1CCC(C)(C)CC1. The van der Waals surface area contributed by atoms with Crippen molar-refractivity contribution in [2.24, 2.45) is 5.41 Å². The van der Waals surface area contributed by atoms with Gasteiger partial charge in [0.15, 0.2) is 0 Å². The lowest BCUT2D eigenvalue weighted by molar-refractivity contribution is 0.222. The predicted octanol–water partition coefficient (Wildman–Crippen LogP) is 3.99. The van der Waals surface area contributed by atoms with Crippen LogP contribution in [0, 0.1) is 5.41 Å². The maximum Gasteiger partial charge on any atom is 0.132 e. The van der Waals surface area contributed by atoms with Gasteiger partial charge in [0.25, 0.3) is 0 Å². The smallest absolute Gasteiger partial charge is 0.132 e. The summed E-state index contributed by atoms with van der Waals surface area (Å²) in [5, 5.41) is 3.50. The minimum absolute atomic E-state index is 0.521. The lowest BCUT2D eigenvalue weighted by Crippen LogP contribution is -2.38. The fourth-order valence-corrected chi connectivity index (χ4v) is 3.23. The van der Waals surface area contributed by atoms with Gasteiger partial charge < -0.3 is 10.2 Å². The fraction of sp³-hybridized carbons (Fsp3) is 0.722. The standard InChI is InChI=1S/C18H31N3/c1-5-12-19-14-15-7-6-13-20-17(15)21(4)16-8-10-18(2,3)11-9-16/h6-7,13,16,19H,5,8-12,14H2,1-4H3. The van der Waals surface area contributed by atoms with Crippen LogP contribution < -0.4 is 10.2 Å². The molecule has 0 radical (unpaired) electrons. The van der Waals surface area contributed by atoms with E-state index in [4.69, 9.17) is 0 Å². The van der Waals surface area contributed by atoms with E-state index in [1.807, 2.05) is 12.3 Å². The Hall–Kier alpha value is -1.09. The molecule has 1 fully saturated rings. The molecular weight excluding hydrogens is 258 g/mol. The van der Waals surface area contributed by atoms with Crippen LogP contribution in [0.5, 0.6) is 0 Å². The predicted molar refractivity (Wildman–Crippen MR) is 90.7 cm³/mol. The molecule has 1 aromatic rings. The molecule has 1 aromatic heterocycles. The van der Waals surface area contributed by atoms with Crippen molar-refractivity contribution in [3.8, 4) is 0 Å². The fourth-order valence-electron chi connectivity index (χ4n) is 3.23. The van der Waals surface area contributed by atoms with Gasteiger partial charge in [-0.05, 0) is 50.1 Å². The van der Waals surface area contributed by atoms with Crippen LogP contribution in [0.3, 0.4) is 0 Å². The summed E-state index contributed by atoms with van der Waals surface area (Å²) in [6, 6.07) is 4.89. The van der Waals surface area contributed by atoms with Crippen LogP contribution in [0.4, 0.5) is 5.82 Å². The number of pyridine rings is 1. The second kappa shape index (κ2) is 7.26. The molecule has 1 N–H and O–H groups in total. The van der Waals surface area contributed by atoms with Gasteiger partial charge in [0.1, 0.15) is 5.82 Å². The average Bonchev–Trinajstić information content (AvgIpc) is 2.47. The zero-order valence-electron chi connectivity index (χ0n) is 14.2. The van der Waals surface area contributed by atoms with Crippen molar-refractivity contribution in [2.75, 3.05) is 18.5 Å². The minimum Gasteiger partial charge on any atom is -0.356 e. The van der Waals surface area contributed by atoms with Crippen molar-refractivity contribution >= 4 is 5.82 Å². The van der Waals surface area contributed by atoms with E-state index in [1.165, 1.54) is 37.7 Å². The Morgan fingerprint density at radius 2 is 2.05 bits per heavy atom. The van der Waals surface area contributed by atoms with Crippen LogP contribution in [-0.4, -0.2) is 24.6 Å². The highest BCUT2D eigenvalue weighted by atomic mass is 15.2. The lowest BCUT2D eigenvalue weighted by atomic mass is 9.75. The summed E-state index contributed by atoms with van der Waals surface area (Å²) >= 11 is 0. The Labute approximate surface area is 130 Å². The first-order valence-corrected chi connectivity index (χ1v) is 8.41. The van der Waals surface area contributed by atoms with E-state index in [9.17, 15) is 0 Å². The zero-order valence-corrected chi connectivity index (χ0v) is 14.2. The summed E-state index contributed by atoms with van der Waals surface area (Å²) in [4.78, 5) is 7.07. The zero-order chi connectivity index (χ0) is 15.3. The molecule has 0 saturated heterocycles. The van der Waals surface area contributed by atoms with Crippen LogP contribution in [0.2, 0.25) is 0 Å². The van der Waals surface area contributed by atoms with Gasteiger partial charge in [-0.3, -0.25) is 0 Å². The first-order chi connectivity index (χ1) is 10.0. The summed E-state index contributed by atoms with van der Waals surface area (Å²) in [6.45, 7) is 8.97. The van der Waals surface area contributed by atoms with Gasteiger partial charge >= 0.3 is 0 Å². The number of hydrogen-bond donors (Lipinski definition) is 1. The van der Waals surface area contributed by atoms with Crippen molar-refractivity contribution in [3.63, 3.8) is 0 Å². The topological polar surface area (TPSA) is 28.2 Å². The molecule has 2 rings (SSSR count). The van der Waals surface area contributed by atoms with Crippen LogP contribution in [0.15, 0.2) is 18.3 Å². The monoisotopic (exact) mass is 289 g/mol. The number of nitrogens with one attached hydrogen (secondary N) is 1. The van der Waals surface area contributed by atoms with E-state index in [-0.39, 0.29) is 0 Å². The normalized spacial score (nSPS) is 18.7. The largest absolute Gasteiger partial charge is 0.356 e. The molecule has 1 aliphatic rings. The molecule has 0 amide bonds. The second-order valence-electron chi connectivity index (χ2n) is 7.17. The summed E-state index contributed by atoms with van der Waals surface area (Å²) in [5.41, 5.74) is 1.84. The van der Waals surface area contributed by atoms with Crippen molar-refractivity contribution < 1.29 is 0 Å². The number of rotatable bonds is 6. The van der Waals surface area contributed by atoms with E-state index >= 15 is 0 Å². The third-order valence-corrected chi connectivity index (χ3v) is 4.80. The molecule has 1 aliphatic carbocycles. The van der Waals surface area contributed by atoms with Gasteiger partial charge in [0.05, 0.1) is 0 Å². The third kappa shape index (κ3) is 4.44. The Morgan fingerprint density at radius 3 is 2.71 bits per heavy atom. The van der Waals surface area contributed by atoms with Gasteiger partial charge in [-0.25, -0.2) is 4.98 Å². The molecule has 1 saturated carbocycles. The average molecular weight is 289 g/mol. The van der Waals surface area contributed by atoms with Crippen LogP contribution in [0.1, 0.15) is 58.4 Å². The summed E-state index contributed by atoms with van der Waals surface area (Å²) < 4.78 is 0. The van der Waals surface area contributed by atoms with Gasteiger partial charge in [-0.2, -0.15) is 0 Å². The number of hydrogen-bond acceptors (Lipinski definition) is 3. The molecule has 118 valence electrons. The maximum absolute atomic E-state index is 4.65. The quantitative estimate of drug-likeness (QED) is 0.803. The summed E-state index contributed by atoms with van der Waals surface area (Å²) in [5.74, 6) is 1.16. The van der Waals surface area contributed by atoms with Crippen LogP contribution in [0.25, 0.3) is 0 Å². The molecule has 3 nitrogen and oxygen atoms in total. The van der Waals surface area contributed by atoms with Crippen molar-refractivity contribution in [1.82, 2.24) is 10.3 Å². The first kappa shape index (κ1) is 16.3. The molecule has 1 heterocycles. The summed E-state index contributed by atoms with van der Waals surface area (Å²) in [7, 11) is 2.22. The van der Waals surface area contributed by atoms with Crippen molar-refractivity contribution in [2.45, 2.75) is 65.5 Å². The van der Waals surface area contributed by atoms with Gasteiger partial charge in [0.2, 0.25) is 0 Å². The number of nitrogens with zero attached hydrogens (tertiary/aromatic N) is 2. The minimum atomic E-state index is 0.521. The molecule has 0 spiro atoms. The Balaban J connectivity index is 2.03. The van der Waals surface area contributed by atoms with E-state index < -0.39 is 0 Å². The molecule has 0 unspecified atom stereocenters. The Bertz CT molecular complexity index is 432. The van der Waals surface area contributed by atoms with Crippen molar-refractivity contribution in [1.29, 1.82) is 0 Å². The third-order valence-electron chi connectivity index (χ3n) is 4.80. The second-order valence-corrected chi connectivity index (χ2v) is 7.17. The van der Waals surface area contributed by atoms with E-state index in [1.54, 1.807) is 0 Å². The Kier molecular flexibility index (Phi) is 5.63. The molecule has 0 aromatic carbocycles. The molecule has 0 atom stereocenters. The highest BCUT2D eigenvalue weighted by Gasteiger charge is 2.29. The Morgan fingerprint density at radius 1 is 1.33 bits per heavy atom. The van der Waals surface area contributed by atoms with Crippen LogP contribution in [-0.2, 0) is 6.54 Å². The molecule has 3 heteroatoms. The van der Waals surface area contributed by atoms with Gasteiger partial charge in [-0.15, -0.1) is 0 Å². The summed E-state index contributed by atoms with van der Waals surface area (Å²) in [6.07, 6.45) is 8.28. The van der Waals surface area contributed by atoms with E-state index in [0.717, 1.165) is 18.9 Å². The van der Waals surface area contributed by atoms with E-state index in [2.05, 4.69) is 49.1 Å². The van der Waals surface area contributed by atoms with Crippen LogP contribution >= 0.6 is 0 Å². The molecule has 0 aliphatic heterocycles. The highest BCUT2D eigenvalue weighted by Crippen LogP contribution is 2.37. The van der Waals surface area contributed by atoms with Gasteiger partial charge in [-0.1, -0.05) is 26.8 Å². The van der Waals surface area contributed by atoms with Crippen molar-refractivity contribution in [3.05, 3.63) is 23.9 Å². The lowest BCUT2D eigenvalue weighted by Gasteiger charge is -2.39. The number of anilines is 1. The van der Waals surface area contributed by atoms with Gasteiger partial charge in [0, 0.05) is 31.4 Å². The maximum atomic E-state index is 4.65. The highest BCUT2D eigenvalue weighted by molar-refractivity contribution is 5.47. The number of aromatic nitrogens is 1. The molecular formula is C18H31N3. The first-order valence-electron chi connectivity index (χ1n) is 8.41.